The second-order valence-electron chi connectivity index (χ2n) is 9.03. The third-order valence-corrected chi connectivity index (χ3v) is 6.76. The van der Waals surface area contributed by atoms with E-state index in [0.29, 0.717) is 5.75 Å². The summed E-state index contributed by atoms with van der Waals surface area (Å²) in [6.07, 6.45) is -3.17. The van der Waals surface area contributed by atoms with Gasteiger partial charge in [-0.1, -0.05) is 0 Å². The molecule has 182 valence electrons. The van der Waals surface area contributed by atoms with Crippen molar-refractivity contribution in [2.75, 3.05) is 27.9 Å². The Labute approximate surface area is 195 Å². The van der Waals surface area contributed by atoms with Gasteiger partial charge in [0.2, 0.25) is 5.78 Å². The number of ether oxygens (including phenoxy) is 6. The molecule has 3 N–H and O–H groups in total. The summed E-state index contributed by atoms with van der Waals surface area (Å²) >= 11 is 0. The average molecular weight is 474 g/mol. The van der Waals surface area contributed by atoms with Crippen LogP contribution in [0.1, 0.15) is 41.4 Å². The first-order chi connectivity index (χ1) is 16.1. The van der Waals surface area contributed by atoms with Crippen molar-refractivity contribution in [2.24, 2.45) is 0 Å². The van der Waals surface area contributed by atoms with E-state index in [1.807, 2.05) is 0 Å². The molecule has 5 rings (SSSR count). The highest BCUT2D eigenvalue weighted by atomic mass is 16.6. The molecule has 0 aromatic heterocycles. The van der Waals surface area contributed by atoms with Crippen LogP contribution in [0.4, 0.5) is 0 Å². The normalized spacial score (nSPS) is 28.2. The Balaban J connectivity index is 1.72. The predicted octanol–water partition coefficient (Wildman–Crippen LogP) is 1.85. The summed E-state index contributed by atoms with van der Waals surface area (Å²) in [4.78, 5) is 13.8. The lowest BCUT2D eigenvalue weighted by molar-refractivity contribution is -0.127. The molecule has 34 heavy (non-hydrogen) atoms. The minimum Gasteiger partial charge on any atom is -0.507 e. The van der Waals surface area contributed by atoms with Gasteiger partial charge in [0.15, 0.2) is 23.2 Å². The fourth-order valence-electron chi connectivity index (χ4n) is 4.90. The van der Waals surface area contributed by atoms with E-state index in [0.717, 1.165) is 0 Å². The molecule has 10 nitrogen and oxygen atoms in total. The number of ketones is 1. The Morgan fingerprint density at radius 3 is 2.38 bits per heavy atom. The highest BCUT2D eigenvalue weighted by molar-refractivity contribution is 6.09. The Morgan fingerprint density at radius 2 is 1.74 bits per heavy atom. The molecule has 2 aromatic carbocycles. The first-order valence-corrected chi connectivity index (χ1v) is 10.7. The van der Waals surface area contributed by atoms with Crippen LogP contribution in [0.15, 0.2) is 18.2 Å². The maximum atomic E-state index is 13.8. The fraction of sp³-hybridized carbons (Fsp3) is 0.458. The number of benzene rings is 2. The van der Waals surface area contributed by atoms with Crippen LogP contribution in [-0.2, 0) is 10.3 Å². The van der Waals surface area contributed by atoms with Crippen LogP contribution in [0, 0.1) is 0 Å². The van der Waals surface area contributed by atoms with Gasteiger partial charge in [-0.2, -0.15) is 0 Å². The second kappa shape index (κ2) is 7.39. The lowest BCUT2D eigenvalue weighted by Crippen LogP contribution is -2.58. The summed E-state index contributed by atoms with van der Waals surface area (Å²) in [5.74, 6) is -0.161. The third kappa shape index (κ3) is 2.82. The number of carbonyl (C=O) groups is 1. The van der Waals surface area contributed by atoms with Gasteiger partial charge in [-0.25, -0.2) is 0 Å². The molecular formula is C24H26O10. The number of rotatable bonds is 3. The standard InChI is InChI=1S/C24H26O10/c1-23(2)22(27)20(31-5)18-15(34-23)7-11(25)17-19(18)33-16-9-32-12-8-14(30-4)13(29-3)6-10(12)24(16,28)21(17)26/h6-8,16,20,22,25,27-28H,9H2,1-5H3. The highest BCUT2D eigenvalue weighted by Crippen LogP contribution is 2.56. The zero-order chi connectivity index (χ0) is 24.6. The molecule has 0 saturated heterocycles. The molecule has 4 atom stereocenters. The maximum absolute atomic E-state index is 13.8. The van der Waals surface area contributed by atoms with Gasteiger partial charge < -0.3 is 43.7 Å². The van der Waals surface area contributed by atoms with E-state index in [4.69, 9.17) is 28.4 Å². The van der Waals surface area contributed by atoms with Gasteiger partial charge in [-0.15, -0.1) is 0 Å². The number of hydrogen-bond acceptors (Lipinski definition) is 10. The summed E-state index contributed by atoms with van der Waals surface area (Å²) in [5, 5.41) is 33.4. The van der Waals surface area contributed by atoms with Gasteiger partial charge in [0, 0.05) is 24.8 Å². The van der Waals surface area contributed by atoms with E-state index in [1.165, 1.54) is 39.5 Å². The quantitative estimate of drug-likeness (QED) is 0.605. The van der Waals surface area contributed by atoms with Crippen molar-refractivity contribution in [3.05, 3.63) is 34.9 Å². The van der Waals surface area contributed by atoms with Gasteiger partial charge in [0.25, 0.3) is 0 Å². The summed E-state index contributed by atoms with van der Waals surface area (Å²) in [7, 11) is 4.31. The van der Waals surface area contributed by atoms with E-state index < -0.39 is 41.0 Å². The molecule has 3 heterocycles. The molecule has 0 fully saturated rings. The molecule has 0 amide bonds. The molecule has 0 radical (unpaired) electrons. The predicted molar refractivity (Wildman–Crippen MR) is 116 cm³/mol. The Kier molecular flexibility index (Phi) is 4.91. The average Bonchev–Trinajstić information content (AvgIpc) is 2.80. The van der Waals surface area contributed by atoms with Gasteiger partial charge >= 0.3 is 0 Å². The molecular weight excluding hydrogens is 448 g/mol. The molecule has 0 aliphatic carbocycles. The molecule has 0 spiro atoms. The van der Waals surface area contributed by atoms with Crippen LogP contribution in [0.25, 0.3) is 0 Å². The third-order valence-electron chi connectivity index (χ3n) is 6.76. The van der Waals surface area contributed by atoms with Crippen molar-refractivity contribution in [1.29, 1.82) is 0 Å². The van der Waals surface area contributed by atoms with Crippen LogP contribution >= 0.6 is 0 Å². The van der Waals surface area contributed by atoms with E-state index >= 15 is 0 Å². The van der Waals surface area contributed by atoms with Crippen LogP contribution in [0.2, 0.25) is 0 Å². The number of aliphatic hydroxyl groups is 2. The number of aliphatic hydroxyl groups excluding tert-OH is 1. The van der Waals surface area contributed by atoms with Gasteiger partial charge in [0.1, 0.15) is 53.0 Å². The second-order valence-corrected chi connectivity index (χ2v) is 9.03. The highest BCUT2D eigenvalue weighted by Gasteiger charge is 2.59. The van der Waals surface area contributed by atoms with Gasteiger partial charge in [-0.3, -0.25) is 4.79 Å². The molecule has 0 bridgehead atoms. The molecule has 10 heteroatoms. The van der Waals surface area contributed by atoms with Crippen molar-refractivity contribution in [3.63, 3.8) is 0 Å². The van der Waals surface area contributed by atoms with Crippen molar-refractivity contribution in [2.45, 2.75) is 43.4 Å². The Hall–Kier alpha value is -3.21. The first-order valence-electron chi connectivity index (χ1n) is 10.7. The van der Waals surface area contributed by atoms with Crippen molar-refractivity contribution < 1.29 is 48.5 Å². The van der Waals surface area contributed by atoms with E-state index in [1.54, 1.807) is 13.8 Å². The van der Waals surface area contributed by atoms with Crippen LogP contribution in [-0.4, -0.2) is 66.8 Å². The molecule has 3 aliphatic heterocycles. The smallest absolute Gasteiger partial charge is 0.210 e. The fourth-order valence-corrected chi connectivity index (χ4v) is 4.90. The topological polar surface area (TPSA) is 133 Å². The number of phenols is 1. The lowest BCUT2D eigenvalue weighted by Gasteiger charge is -2.46. The number of methoxy groups -OCH3 is 3. The number of Topliss-reactive ketones (excluding diaryl/α,β-unsaturated/α-hetero) is 1. The largest absolute Gasteiger partial charge is 0.507 e. The van der Waals surface area contributed by atoms with Crippen molar-refractivity contribution >= 4 is 5.78 Å². The monoisotopic (exact) mass is 474 g/mol. The van der Waals surface area contributed by atoms with E-state index in [2.05, 4.69) is 0 Å². The summed E-state index contributed by atoms with van der Waals surface area (Å²) < 4.78 is 34.0. The molecule has 4 unspecified atom stereocenters. The van der Waals surface area contributed by atoms with Gasteiger partial charge in [0.05, 0.1) is 19.8 Å². The Bertz CT molecular complexity index is 1190. The number of phenolic OH excluding ortho intramolecular Hbond substituents is 1. The Morgan fingerprint density at radius 1 is 1.06 bits per heavy atom. The van der Waals surface area contributed by atoms with Gasteiger partial charge in [-0.05, 0) is 19.9 Å². The summed E-state index contributed by atoms with van der Waals surface area (Å²) in [6, 6.07) is 4.24. The minimum absolute atomic E-state index is 0.0244. The lowest BCUT2D eigenvalue weighted by atomic mass is 9.75. The van der Waals surface area contributed by atoms with Crippen molar-refractivity contribution in [3.8, 4) is 34.5 Å². The number of fused-ring (bicyclic) bond motifs is 6. The van der Waals surface area contributed by atoms with Crippen LogP contribution in [0.5, 0.6) is 34.5 Å². The van der Waals surface area contributed by atoms with E-state index in [-0.39, 0.29) is 46.3 Å². The van der Waals surface area contributed by atoms with Crippen LogP contribution < -0.4 is 23.7 Å². The summed E-state index contributed by atoms with van der Waals surface area (Å²) in [5.41, 5.74) is -3.05. The molecule has 3 aliphatic rings. The van der Waals surface area contributed by atoms with Crippen molar-refractivity contribution in [1.82, 2.24) is 0 Å². The number of aromatic hydroxyl groups is 1. The molecule has 0 saturated carbocycles. The van der Waals surface area contributed by atoms with E-state index in [9.17, 15) is 20.1 Å². The first kappa shape index (κ1) is 22.6. The summed E-state index contributed by atoms with van der Waals surface area (Å²) in [6.45, 7) is 3.20. The maximum Gasteiger partial charge on any atom is 0.210 e. The SMILES string of the molecule is COc1cc2c(cc1OC)C1(O)C(=O)c3c(O)cc4c(c3OC1CO2)C(OC)C(O)C(C)(C)O4. The zero-order valence-electron chi connectivity index (χ0n) is 19.4. The number of carbonyl (C=O) groups excluding carboxylic acids is 1. The molecule has 2 aromatic rings. The minimum atomic E-state index is -2.18. The number of hydrogen-bond donors (Lipinski definition) is 3. The van der Waals surface area contributed by atoms with Crippen LogP contribution in [0.3, 0.4) is 0 Å². The zero-order valence-corrected chi connectivity index (χ0v) is 19.4.